The lowest BCUT2D eigenvalue weighted by molar-refractivity contribution is -0.130. The molecule has 1 unspecified atom stereocenters. The van der Waals surface area contributed by atoms with Gasteiger partial charge < -0.3 is 9.47 Å². The molecule has 0 radical (unpaired) electrons. The van der Waals surface area contributed by atoms with Gasteiger partial charge in [-0.3, -0.25) is 4.79 Å². The Morgan fingerprint density at radius 1 is 1.14 bits per heavy atom. The Bertz CT molecular complexity index is 1030. The fourth-order valence-electron chi connectivity index (χ4n) is 4.23. The number of hydrogen-bond donors (Lipinski definition) is 0. The van der Waals surface area contributed by atoms with Gasteiger partial charge in [-0.1, -0.05) is 17.8 Å². The third kappa shape index (κ3) is 3.35. The number of hydrogen-bond acceptors (Lipinski definition) is 6. The lowest BCUT2D eigenvalue weighted by Crippen LogP contribution is -2.40. The van der Waals surface area contributed by atoms with Crippen molar-refractivity contribution in [2.45, 2.75) is 55.3 Å². The summed E-state index contributed by atoms with van der Waals surface area (Å²) in [6.07, 6.45) is 5.84. The topological polar surface area (TPSA) is 51.0 Å². The molecule has 0 bridgehead atoms. The molecule has 8 heteroatoms. The van der Waals surface area contributed by atoms with Crippen LogP contribution < -0.4 is 0 Å². The molecule has 0 N–H and O–H groups in total. The van der Waals surface area contributed by atoms with Crippen LogP contribution >= 0.6 is 34.4 Å². The van der Waals surface area contributed by atoms with E-state index in [1.54, 1.807) is 23.1 Å². The molecule has 2 saturated carbocycles. The molecule has 0 spiro atoms. The van der Waals surface area contributed by atoms with Crippen LogP contribution in [0.15, 0.2) is 34.1 Å². The van der Waals surface area contributed by atoms with Crippen LogP contribution in [0.5, 0.6) is 0 Å². The maximum Gasteiger partial charge on any atom is 0.233 e. The zero-order chi connectivity index (χ0) is 19.4. The molecule has 5 nitrogen and oxygen atoms in total. The van der Waals surface area contributed by atoms with Gasteiger partial charge in [-0.25, -0.2) is 0 Å². The van der Waals surface area contributed by atoms with E-state index in [9.17, 15) is 4.79 Å². The minimum Gasteiger partial charge on any atom is -0.330 e. The van der Waals surface area contributed by atoms with Gasteiger partial charge in [0.05, 0.1) is 11.8 Å². The average Bonchev–Trinajstić information content (AvgIpc) is 3.60. The molecule has 2 fully saturated rings. The highest BCUT2D eigenvalue weighted by molar-refractivity contribution is 7.99. The van der Waals surface area contributed by atoms with Crippen molar-refractivity contribution in [2.24, 2.45) is 0 Å². The summed E-state index contributed by atoms with van der Waals surface area (Å²) >= 11 is 5.12. The highest BCUT2D eigenvalue weighted by Crippen LogP contribution is 2.46. The van der Waals surface area contributed by atoms with E-state index in [0.29, 0.717) is 17.7 Å². The van der Waals surface area contributed by atoms with Gasteiger partial charge >= 0.3 is 0 Å². The molecule has 1 aliphatic heterocycles. The molecule has 1 atom stereocenters. The number of carbonyl (C=O) groups excluding carboxylic acids is 1. The maximum absolute atomic E-state index is 13.3. The quantitative estimate of drug-likeness (QED) is 0.511. The smallest absolute Gasteiger partial charge is 0.233 e. The van der Waals surface area contributed by atoms with E-state index in [1.165, 1.54) is 41.0 Å². The Balaban J connectivity index is 1.23. The number of nitrogens with zero attached hydrogens (tertiary/aromatic N) is 4. The Morgan fingerprint density at radius 2 is 2.03 bits per heavy atom. The second-order valence-electron chi connectivity index (χ2n) is 8.06. The number of aromatic nitrogens is 3. The average molecular weight is 443 g/mol. The lowest BCUT2D eigenvalue weighted by atomic mass is 9.98. The molecule has 150 valence electrons. The summed E-state index contributed by atoms with van der Waals surface area (Å²) in [5, 5.41) is 14.1. The number of thioether (sulfide) groups is 1. The van der Waals surface area contributed by atoms with Crippen LogP contribution in [0.3, 0.4) is 0 Å². The summed E-state index contributed by atoms with van der Waals surface area (Å²) in [6, 6.07) is 7.04. The van der Waals surface area contributed by atoms with Crippen LogP contribution in [-0.4, -0.2) is 37.9 Å². The van der Waals surface area contributed by atoms with Crippen molar-refractivity contribution in [3.05, 3.63) is 50.1 Å². The van der Waals surface area contributed by atoms with E-state index in [1.807, 2.05) is 11.3 Å². The maximum atomic E-state index is 13.3. The zero-order valence-corrected chi connectivity index (χ0v) is 18.4. The summed E-state index contributed by atoms with van der Waals surface area (Å²) in [5.41, 5.74) is 1.30. The number of fused-ring (bicyclic) bond motifs is 1. The zero-order valence-electron chi connectivity index (χ0n) is 16.0. The Kier molecular flexibility index (Phi) is 4.54. The van der Waals surface area contributed by atoms with Gasteiger partial charge in [0.25, 0.3) is 0 Å². The second kappa shape index (κ2) is 7.25. The third-order valence-corrected chi connectivity index (χ3v) is 8.82. The van der Waals surface area contributed by atoms with Gasteiger partial charge in [0.1, 0.15) is 5.82 Å². The normalized spacial score (nSPS) is 21.4. The molecule has 29 heavy (non-hydrogen) atoms. The van der Waals surface area contributed by atoms with E-state index in [0.717, 1.165) is 23.9 Å². The van der Waals surface area contributed by atoms with E-state index in [2.05, 4.69) is 48.6 Å². The predicted octanol–water partition coefficient (Wildman–Crippen LogP) is 4.88. The molecular weight excluding hydrogens is 420 g/mol. The van der Waals surface area contributed by atoms with Crippen LogP contribution in [0.25, 0.3) is 0 Å². The van der Waals surface area contributed by atoms with Crippen molar-refractivity contribution >= 4 is 40.3 Å². The van der Waals surface area contributed by atoms with Crippen molar-refractivity contribution < 1.29 is 4.79 Å². The fourth-order valence-corrected chi connectivity index (χ4v) is 6.89. The van der Waals surface area contributed by atoms with Crippen LogP contribution in [0.2, 0.25) is 0 Å². The SMILES string of the molecule is O=C(CSc1nnc(C2CC2)n1C1CC1)N1CCc2sccc2C1c1cccs1. The summed E-state index contributed by atoms with van der Waals surface area (Å²) < 4.78 is 2.33. The third-order valence-electron chi connectivity index (χ3n) is 5.97. The minimum atomic E-state index is 0.0569. The van der Waals surface area contributed by atoms with E-state index in [4.69, 9.17) is 0 Å². The summed E-state index contributed by atoms with van der Waals surface area (Å²) in [4.78, 5) is 18.1. The van der Waals surface area contributed by atoms with E-state index >= 15 is 0 Å². The van der Waals surface area contributed by atoms with Crippen LogP contribution in [0, 0.1) is 0 Å². The molecule has 2 aliphatic carbocycles. The Hall–Kier alpha value is -1.64. The number of rotatable bonds is 6. The standard InChI is InChI=1S/C21H22N4OS3/c26-18(12-29-21-23-22-20(13-3-4-13)25(21)14-5-6-14)24-9-7-16-15(8-11-28-16)19(24)17-2-1-10-27-17/h1-2,8,10-11,13-14,19H,3-7,9,12H2. The van der Waals surface area contributed by atoms with Gasteiger partial charge in [-0.2, -0.15) is 0 Å². The minimum absolute atomic E-state index is 0.0569. The largest absolute Gasteiger partial charge is 0.330 e. The van der Waals surface area contributed by atoms with Gasteiger partial charge in [-0.15, -0.1) is 32.9 Å². The van der Waals surface area contributed by atoms with Crippen molar-refractivity contribution in [1.29, 1.82) is 0 Å². The molecule has 3 aliphatic rings. The van der Waals surface area contributed by atoms with Crippen molar-refractivity contribution in [2.75, 3.05) is 12.3 Å². The number of carbonyl (C=O) groups is 1. The van der Waals surface area contributed by atoms with Crippen molar-refractivity contribution in [3.8, 4) is 0 Å². The first-order chi connectivity index (χ1) is 14.3. The van der Waals surface area contributed by atoms with Gasteiger partial charge in [0.15, 0.2) is 5.16 Å². The first-order valence-corrected chi connectivity index (χ1v) is 13.0. The van der Waals surface area contributed by atoms with Crippen molar-refractivity contribution in [1.82, 2.24) is 19.7 Å². The van der Waals surface area contributed by atoms with Crippen LogP contribution in [0.1, 0.15) is 64.8 Å². The Labute approximate surface area is 182 Å². The number of thiophene rings is 2. The summed E-state index contributed by atoms with van der Waals surface area (Å²) in [7, 11) is 0. The van der Waals surface area contributed by atoms with Gasteiger partial charge in [0.2, 0.25) is 5.91 Å². The molecular formula is C21H22N4OS3. The molecule has 0 aromatic carbocycles. The molecule has 4 heterocycles. The van der Waals surface area contributed by atoms with Crippen molar-refractivity contribution in [3.63, 3.8) is 0 Å². The second-order valence-corrected chi connectivity index (χ2v) is 11.0. The monoisotopic (exact) mass is 442 g/mol. The van der Waals surface area contributed by atoms with Crippen LogP contribution in [0.4, 0.5) is 0 Å². The highest BCUT2D eigenvalue weighted by Gasteiger charge is 2.37. The molecule has 1 amide bonds. The van der Waals surface area contributed by atoms with Crippen LogP contribution in [-0.2, 0) is 11.2 Å². The predicted molar refractivity (Wildman–Crippen MR) is 117 cm³/mol. The van der Waals surface area contributed by atoms with E-state index < -0.39 is 0 Å². The molecule has 6 rings (SSSR count). The Morgan fingerprint density at radius 3 is 2.79 bits per heavy atom. The summed E-state index contributed by atoms with van der Waals surface area (Å²) in [5.74, 6) is 2.37. The fraction of sp³-hybridized carbons (Fsp3) is 0.476. The molecule has 3 aromatic rings. The first kappa shape index (κ1) is 18.2. The first-order valence-electron chi connectivity index (χ1n) is 10.3. The van der Waals surface area contributed by atoms with Gasteiger partial charge in [0, 0.05) is 28.3 Å². The highest BCUT2D eigenvalue weighted by atomic mass is 32.2. The number of amides is 1. The lowest BCUT2D eigenvalue weighted by Gasteiger charge is -2.35. The summed E-state index contributed by atoms with van der Waals surface area (Å²) in [6.45, 7) is 0.790. The molecule has 0 saturated heterocycles. The molecule has 3 aromatic heterocycles. The van der Waals surface area contributed by atoms with Gasteiger partial charge in [-0.05, 0) is 60.6 Å². The van der Waals surface area contributed by atoms with E-state index in [-0.39, 0.29) is 11.9 Å².